The van der Waals surface area contributed by atoms with Gasteiger partial charge in [-0.25, -0.2) is 4.39 Å². The van der Waals surface area contributed by atoms with Crippen LogP contribution in [-0.4, -0.2) is 19.3 Å². The van der Waals surface area contributed by atoms with Crippen molar-refractivity contribution in [2.45, 2.75) is 31.4 Å². The first-order chi connectivity index (χ1) is 7.69. The van der Waals surface area contributed by atoms with Gasteiger partial charge < -0.3 is 15.8 Å². The lowest BCUT2D eigenvalue weighted by Crippen LogP contribution is -2.29. The Morgan fingerprint density at radius 2 is 2.19 bits per heavy atom. The number of nitrogens with two attached hydrogens (primary N) is 1. The van der Waals surface area contributed by atoms with Gasteiger partial charge in [-0.1, -0.05) is 0 Å². The Morgan fingerprint density at radius 1 is 1.38 bits per heavy atom. The maximum Gasteiger partial charge on any atom is 0.127 e. The maximum atomic E-state index is 13.1. The number of hydrogen-bond donors (Lipinski definition) is 2. The molecular formula is C12H17FN2O. The molecule has 0 aliphatic heterocycles. The molecule has 0 heterocycles. The number of nitrogen functional groups attached to an aromatic ring is 1. The van der Waals surface area contributed by atoms with Crippen molar-refractivity contribution in [2.24, 2.45) is 0 Å². The van der Waals surface area contributed by atoms with Crippen LogP contribution >= 0.6 is 0 Å². The van der Waals surface area contributed by atoms with Gasteiger partial charge in [0.15, 0.2) is 0 Å². The summed E-state index contributed by atoms with van der Waals surface area (Å²) in [6.07, 6.45) is 3.46. The van der Waals surface area contributed by atoms with Crippen LogP contribution in [0.4, 0.5) is 15.8 Å². The number of nitrogens with one attached hydrogen (secondary N) is 1. The maximum absolute atomic E-state index is 13.1. The Labute approximate surface area is 94.8 Å². The summed E-state index contributed by atoms with van der Waals surface area (Å²) in [4.78, 5) is 0. The number of anilines is 2. The molecule has 1 aliphatic rings. The van der Waals surface area contributed by atoms with Gasteiger partial charge in [-0.2, -0.15) is 0 Å². The lowest BCUT2D eigenvalue weighted by molar-refractivity contribution is 0.101. The van der Waals surface area contributed by atoms with Crippen LogP contribution in [0.5, 0.6) is 0 Å². The van der Waals surface area contributed by atoms with Crippen molar-refractivity contribution in [3.05, 3.63) is 24.0 Å². The van der Waals surface area contributed by atoms with Crippen molar-refractivity contribution in [1.29, 1.82) is 0 Å². The van der Waals surface area contributed by atoms with Gasteiger partial charge in [-0.3, -0.25) is 0 Å². The molecule has 1 aromatic carbocycles. The molecule has 2 unspecified atom stereocenters. The van der Waals surface area contributed by atoms with Gasteiger partial charge in [0.1, 0.15) is 5.82 Å². The Morgan fingerprint density at radius 3 is 2.88 bits per heavy atom. The first-order valence-corrected chi connectivity index (χ1v) is 5.54. The third kappa shape index (κ3) is 2.44. The zero-order valence-corrected chi connectivity index (χ0v) is 9.37. The third-order valence-electron chi connectivity index (χ3n) is 3.03. The lowest BCUT2D eigenvalue weighted by atomic mass is 10.2. The molecule has 88 valence electrons. The van der Waals surface area contributed by atoms with Crippen molar-refractivity contribution < 1.29 is 9.13 Å². The lowest BCUT2D eigenvalue weighted by Gasteiger charge is -2.21. The van der Waals surface area contributed by atoms with Crippen LogP contribution < -0.4 is 11.1 Å². The van der Waals surface area contributed by atoms with E-state index in [4.69, 9.17) is 10.5 Å². The Kier molecular flexibility index (Phi) is 3.29. The molecule has 0 amide bonds. The fraction of sp³-hybridized carbons (Fsp3) is 0.500. The van der Waals surface area contributed by atoms with Gasteiger partial charge in [0, 0.05) is 18.5 Å². The van der Waals surface area contributed by atoms with Gasteiger partial charge in [0.05, 0.1) is 12.1 Å². The smallest absolute Gasteiger partial charge is 0.127 e. The molecule has 1 fully saturated rings. The van der Waals surface area contributed by atoms with Gasteiger partial charge in [-0.15, -0.1) is 0 Å². The predicted molar refractivity (Wildman–Crippen MR) is 62.9 cm³/mol. The largest absolute Gasteiger partial charge is 0.399 e. The molecule has 0 radical (unpaired) electrons. The summed E-state index contributed by atoms with van der Waals surface area (Å²) in [5, 5.41) is 3.28. The molecule has 0 aromatic heterocycles. The highest BCUT2D eigenvalue weighted by atomic mass is 19.1. The standard InChI is InChI=1S/C12H17FN2O/c1-16-12-4-2-3-11(12)15-10-6-8(13)5-9(14)7-10/h5-7,11-12,15H,2-4,14H2,1H3. The van der Waals surface area contributed by atoms with E-state index >= 15 is 0 Å². The van der Waals surface area contributed by atoms with E-state index in [0.717, 1.165) is 24.9 Å². The molecule has 2 atom stereocenters. The molecule has 16 heavy (non-hydrogen) atoms. The fourth-order valence-electron chi connectivity index (χ4n) is 2.28. The van der Waals surface area contributed by atoms with Crippen molar-refractivity contribution in [1.82, 2.24) is 0 Å². The van der Waals surface area contributed by atoms with Crippen molar-refractivity contribution in [2.75, 3.05) is 18.2 Å². The van der Waals surface area contributed by atoms with Crippen LogP contribution in [0.25, 0.3) is 0 Å². The first kappa shape index (κ1) is 11.2. The van der Waals surface area contributed by atoms with Crippen LogP contribution in [-0.2, 0) is 4.74 Å². The SMILES string of the molecule is COC1CCCC1Nc1cc(N)cc(F)c1. The average molecular weight is 224 g/mol. The molecule has 1 saturated carbocycles. The monoisotopic (exact) mass is 224 g/mol. The number of methoxy groups -OCH3 is 1. The van der Waals surface area contributed by atoms with E-state index in [2.05, 4.69) is 5.32 Å². The van der Waals surface area contributed by atoms with Crippen LogP contribution in [0.2, 0.25) is 0 Å². The second kappa shape index (κ2) is 4.70. The van der Waals surface area contributed by atoms with E-state index in [1.165, 1.54) is 12.1 Å². The molecule has 4 heteroatoms. The molecule has 3 nitrogen and oxygen atoms in total. The van der Waals surface area contributed by atoms with Gasteiger partial charge >= 0.3 is 0 Å². The van der Waals surface area contributed by atoms with Crippen molar-refractivity contribution >= 4 is 11.4 Å². The summed E-state index contributed by atoms with van der Waals surface area (Å²) in [5.74, 6) is -0.311. The Balaban J connectivity index is 2.08. The number of benzene rings is 1. The summed E-state index contributed by atoms with van der Waals surface area (Å²) in [6.45, 7) is 0. The van der Waals surface area contributed by atoms with Gasteiger partial charge in [0.2, 0.25) is 0 Å². The van der Waals surface area contributed by atoms with Crippen LogP contribution in [0.15, 0.2) is 18.2 Å². The summed E-state index contributed by atoms with van der Waals surface area (Å²) in [7, 11) is 1.71. The molecule has 0 bridgehead atoms. The zero-order chi connectivity index (χ0) is 11.5. The van der Waals surface area contributed by atoms with E-state index < -0.39 is 0 Å². The average Bonchev–Trinajstić information content (AvgIpc) is 2.63. The number of hydrogen-bond acceptors (Lipinski definition) is 3. The number of halogens is 1. The quantitative estimate of drug-likeness (QED) is 0.775. The summed E-state index contributed by atoms with van der Waals surface area (Å²) < 4.78 is 18.5. The Bertz CT molecular complexity index is 350. The fourth-order valence-corrected chi connectivity index (χ4v) is 2.28. The highest BCUT2D eigenvalue weighted by molar-refractivity contribution is 5.55. The van der Waals surface area contributed by atoms with Gasteiger partial charge in [-0.05, 0) is 37.5 Å². The molecule has 3 N–H and O–H groups in total. The molecule has 0 spiro atoms. The van der Waals surface area contributed by atoms with E-state index in [1.807, 2.05) is 0 Å². The molecular weight excluding hydrogens is 207 g/mol. The topological polar surface area (TPSA) is 47.3 Å². The zero-order valence-electron chi connectivity index (χ0n) is 9.37. The van der Waals surface area contributed by atoms with Gasteiger partial charge in [0.25, 0.3) is 0 Å². The summed E-state index contributed by atoms with van der Waals surface area (Å²) >= 11 is 0. The minimum absolute atomic E-state index is 0.212. The highest BCUT2D eigenvalue weighted by Gasteiger charge is 2.26. The molecule has 2 rings (SSSR count). The second-order valence-corrected chi connectivity index (χ2v) is 4.23. The second-order valence-electron chi connectivity index (χ2n) is 4.23. The Hall–Kier alpha value is -1.29. The summed E-state index contributed by atoms with van der Waals surface area (Å²) in [6, 6.07) is 4.77. The third-order valence-corrected chi connectivity index (χ3v) is 3.03. The minimum atomic E-state index is -0.311. The van der Waals surface area contributed by atoms with Crippen molar-refractivity contribution in [3.8, 4) is 0 Å². The van der Waals surface area contributed by atoms with Crippen LogP contribution in [0.1, 0.15) is 19.3 Å². The van der Waals surface area contributed by atoms with E-state index in [0.29, 0.717) is 5.69 Å². The van der Waals surface area contributed by atoms with E-state index in [-0.39, 0.29) is 18.0 Å². The number of ether oxygens (including phenoxy) is 1. The predicted octanol–water partition coefficient (Wildman–Crippen LogP) is 2.39. The minimum Gasteiger partial charge on any atom is -0.399 e. The van der Waals surface area contributed by atoms with E-state index in [1.54, 1.807) is 13.2 Å². The van der Waals surface area contributed by atoms with Crippen LogP contribution in [0, 0.1) is 5.82 Å². The van der Waals surface area contributed by atoms with Crippen LogP contribution in [0.3, 0.4) is 0 Å². The molecule has 1 aromatic rings. The van der Waals surface area contributed by atoms with E-state index in [9.17, 15) is 4.39 Å². The normalized spacial score (nSPS) is 24.6. The first-order valence-electron chi connectivity index (χ1n) is 5.54. The summed E-state index contributed by atoms with van der Waals surface area (Å²) in [5.41, 5.74) is 6.76. The number of rotatable bonds is 3. The van der Waals surface area contributed by atoms with Crippen molar-refractivity contribution in [3.63, 3.8) is 0 Å². The highest BCUT2D eigenvalue weighted by Crippen LogP contribution is 2.26. The molecule has 0 saturated heterocycles. The molecule has 1 aliphatic carbocycles.